The number of rotatable bonds is 4. The molecule has 1 aliphatic carbocycles. The normalized spacial score (nSPS) is 23.6. The predicted octanol–water partition coefficient (Wildman–Crippen LogP) is 3.80. The summed E-state index contributed by atoms with van der Waals surface area (Å²) in [6.45, 7) is 9.52. The lowest BCUT2D eigenvalue weighted by Crippen LogP contribution is -2.37. The van der Waals surface area contributed by atoms with Crippen LogP contribution in [0, 0.1) is 20.8 Å². The van der Waals surface area contributed by atoms with Gasteiger partial charge in [0, 0.05) is 22.7 Å². The van der Waals surface area contributed by atoms with Crippen LogP contribution in [0.25, 0.3) is 0 Å². The zero-order valence-electron chi connectivity index (χ0n) is 13.2. The molecule has 1 saturated carbocycles. The number of hydrogen-bond acceptors (Lipinski definition) is 4. The summed E-state index contributed by atoms with van der Waals surface area (Å²) in [5, 5.41) is 5.23. The van der Waals surface area contributed by atoms with Crippen LogP contribution in [-0.4, -0.2) is 27.8 Å². The van der Waals surface area contributed by atoms with Gasteiger partial charge < -0.3 is 5.32 Å². The van der Waals surface area contributed by atoms with Gasteiger partial charge in [0.1, 0.15) is 0 Å². The average Bonchev–Trinajstić information content (AvgIpc) is 2.62. The van der Waals surface area contributed by atoms with E-state index in [2.05, 4.69) is 43.0 Å². The molecule has 1 aliphatic rings. The largest absolute Gasteiger partial charge is 0.313 e. The number of aromatic nitrogens is 2. The Balaban J connectivity index is 2.13. The van der Waals surface area contributed by atoms with E-state index in [9.17, 15) is 0 Å². The van der Waals surface area contributed by atoms with Crippen LogP contribution in [0.2, 0.25) is 0 Å². The van der Waals surface area contributed by atoms with E-state index < -0.39 is 0 Å². The molecule has 0 bridgehead atoms. The molecule has 3 nitrogen and oxygen atoms in total. The SMILES string of the molecule is CCNC1CCCCCC1Sc1nc(C)c(C)c(C)n1. The first kappa shape index (κ1) is 15.8. The number of nitrogens with zero attached hydrogens (tertiary/aromatic N) is 2. The predicted molar refractivity (Wildman–Crippen MR) is 86.4 cm³/mol. The van der Waals surface area contributed by atoms with Crippen LogP contribution in [0.4, 0.5) is 0 Å². The molecule has 0 aliphatic heterocycles. The molecule has 0 amide bonds. The first-order valence-corrected chi connectivity index (χ1v) is 8.71. The highest BCUT2D eigenvalue weighted by Gasteiger charge is 2.25. The van der Waals surface area contributed by atoms with Crippen molar-refractivity contribution in [3.05, 3.63) is 17.0 Å². The van der Waals surface area contributed by atoms with E-state index in [0.29, 0.717) is 11.3 Å². The van der Waals surface area contributed by atoms with Gasteiger partial charge in [0.2, 0.25) is 0 Å². The lowest BCUT2D eigenvalue weighted by atomic mass is 10.1. The first-order valence-electron chi connectivity index (χ1n) is 7.83. The highest BCUT2D eigenvalue weighted by molar-refractivity contribution is 7.99. The minimum atomic E-state index is 0.609. The molecule has 112 valence electrons. The van der Waals surface area contributed by atoms with Crippen LogP contribution in [0.1, 0.15) is 56.0 Å². The first-order chi connectivity index (χ1) is 9.61. The molecule has 20 heavy (non-hydrogen) atoms. The summed E-state index contributed by atoms with van der Waals surface area (Å²) in [6, 6.07) is 0.609. The van der Waals surface area contributed by atoms with Crippen molar-refractivity contribution in [1.82, 2.24) is 15.3 Å². The molecule has 2 atom stereocenters. The standard InChI is InChI=1S/C16H27N3S/c1-5-17-14-9-7-6-8-10-15(14)20-16-18-12(3)11(2)13(4)19-16/h14-15,17H,5-10H2,1-4H3. The molecule has 0 saturated heterocycles. The van der Waals surface area contributed by atoms with Crippen LogP contribution in [-0.2, 0) is 0 Å². The molecule has 1 N–H and O–H groups in total. The number of thioether (sulfide) groups is 1. The fraction of sp³-hybridized carbons (Fsp3) is 0.750. The Morgan fingerprint density at radius 2 is 1.70 bits per heavy atom. The minimum Gasteiger partial charge on any atom is -0.313 e. The highest BCUT2D eigenvalue weighted by Crippen LogP contribution is 2.32. The van der Waals surface area contributed by atoms with Gasteiger partial charge in [0.15, 0.2) is 5.16 Å². The van der Waals surface area contributed by atoms with Gasteiger partial charge >= 0.3 is 0 Å². The van der Waals surface area contributed by atoms with Crippen molar-refractivity contribution in [2.45, 2.75) is 76.2 Å². The topological polar surface area (TPSA) is 37.8 Å². The molecule has 1 heterocycles. The average molecular weight is 293 g/mol. The number of nitrogens with one attached hydrogen (secondary N) is 1. The van der Waals surface area contributed by atoms with Gasteiger partial charge in [0.25, 0.3) is 0 Å². The van der Waals surface area contributed by atoms with E-state index in [1.807, 2.05) is 11.8 Å². The van der Waals surface area contributed by atoms with Crippen molar-refractivity contribution < 1.29 is 0 Å². The third kappa shape index (κ3) is 3.95. The van der Waals surface area contributed by atoms with Gasteiger partial charge in [-0.3, -0.25) is 0 Å². The Kier molecular flexibility index (Phi) is 5.85. The van der Waals surface area contributed by atoms with Gasteiger partial charge in [-0.2, -0.15) is 0 Å². The van der Waals surface area contributed by atoms with E-state index in [4.69, 9.17) is 0 Å². The van der Waals surface area contributed by atoms with Crippen molar-refractivity contribution >= 4 is 11.8 Å². The number of aryl methyl sites for hydroxylation is 2. The Morgan fingerprint density at radius 3 is 2.35 bits per heavy atom. The lowest BCUT2D eigenvalue weighted by Gasteiger charge is -2.25. The third-order valence-electron chi connectivity index (χ3n) is 4.29. The molecular weight excluding hydrogens is 266 g/mol. The van der Waals surface area contributed by atoms with E-state index in [1.54, 1.807) is 0 Å². The zero-order valence-corrected chi connectivity index (χ0v) is 14.0. The summed E-state index contributed by atoms with van der Waals surface area (Å²) in [5.41, 5.74) is 3.46. The van der Waals surface area contributed by atoms with Crippen LogP contribution < -0.4 is 5.32 Å². The molecule has 4 heteroatoms. The van der Waals surface area contributed by atoms with Gasteiger partial charge in [0.05, 0.1) is 0 Å². The summed E-state index contributed by atoms with van der Waals surface area (Å²) in [7, 11) is 0. The van der Waals surface area contributed by atoms with E-state index in [-0.39, 0.29) is 0 Å². The van der Waals surface area contributed by atoms with Crippen LogP contribution in [0.15, 0.2) is 5.16 Å². The highest BCUT2D eigenvalue weighted by atomic mass is 32.2. The Hall–Kier alpha value is -0.610. The van der Waals surface area contributed by atoms with E-state index in [0.717, 1.165) is 23.1 Å². The second-order valence-electron chi connectivity index (χ2n) is 5.76. The molecule has 2 unspecified atom stereocenters. The second-order valence-corrected chi connectivity index (χ2v) is 6.97. The molecule has 1 aromatic rings. The Morgan fingerprint density at radius 1 is 1.05 bits per heavy atom. The summed E-state index contributed by atoms with van der Waals surface area (Å²) < 4.78 is 0. The van der Waals surface area contributed by atoms with Crippen molar-refractivity contribution in [3.8, 4) is 0 Å². The van der Waals surface area contributed by atoms with Crippen molar-refractivity contribution in [3.63, 3.8) is 0 Å². The molecule has 0 aromatic carbocycles. The molecule has 0 radical (unpaired) electrons. The molecule has 2 rings (SSSR count). The summed E-state index contributed by atoms with van der Waals surface area (Å²) >= 11 is 1.88. The maximum atomic E-state index is 4.68. The van der Waals surface area contributed by atoms with Gasteiger partial charge in [-0.25, -0.2) is 9.97 Å². The monoisotopic (exact) mass is 293 g/mol. The Bertz CT molecular complexity index is 424. The summed E-state index contributed by atoms with van der Waals surface area (Å²) in [4.78, 5) is 9.35. The Labute approximate surface area is 127 Å². The van der Waals surface area contributed by atoms with Gasteiger partial charge in [-0.05, 0) is 45.7 Å². The maximum absolute atomic E-state index is 4.68. The quantitative estimate of drug-likeness (QED) is 0.677. The van der Waals surface area contributed by atoms with Crippen LogP contribution >= 0.6 is 11.8 Å². The van der Waals surface area contributed by atoms with Crippen molar-refractivity contribution in [1.29, 1.82) is 0 Å². The van der Waals surface area contributed by atoms with Crippen LogP contribution in [0.3, 0.4) is 0 Å². The lowest BCUT2D eigenvalue weighted by molar-refractivity contribution is 0.482. The maximum Gasteiger partial charge on any atom is 0.188 e. The third-order valence-corrected chi connectivity index (χ3v) is 5.55. The van der Waals surface area contributed by atoms with Crippen molar-refractivity contribution in [2.24, 2.45) is 0 Å². The smallest absolute Gasteiger partial charge is 0.188 e. The van der Waals surface area contributed by atoms with E-state index >= 15 is 0 Å². The minimum absolute atomic E-state index is 0.609. The molecule has 0 spiro atoms. The fourth-order valence-electron chi connectivity index (χ4n) is 2.84. The van der Waals surface area contributed by atoms with Gasteiger partial charge in [-0.15, -0.1) is 0 Å². The van der Waals surface area contributed by atoms with Crippen LogP contribution in [0.5, 0.6) is 0 Å². The second kappa shape index (κ2) is 7.41. The molecule has 1 aromatic heterocycles. The van der Waals surface area contributed by atoms with Crippen molar-refractivity contribution in [2.75, 3.05) is 6.54 Å². The number of hydrogen-bond donors (Lipinski definition) is 1. The molecular formula is C16H27N3S. The summed E-state index contributed by atoms with van der Waals surface area (Å²) in [5.74, 6) is 0. The summed E-state index contributed by atoms with van der Waals surface area (Å²) in [6.07, 6.45) is 6.61. The van der Waals surface area contributed by atoms with Gasteiger partial charge in [-0.1, -0.05) is 37.9 Å². The molecule has 1 fully saturated rings. The fourth-order valence-corrected chi connectivity index (χ4v) is 4.17. The zero-order chi connectivity index (χ0) is 14.5. The van der Waals surface area contributed by atoms with E-state index in [1.165, 1.54) is 37.7 Å².